The maximum absolute atomic E-state index is 14.8. The summed E-state index contributed by atoms with van der Waals surface area (Å²) in [5.74, 6) is -0.228. The number of hydrazone groups is 1. The average molecular weight is 375 g/mol. The molecule has 0 fully saturated rings. The third-order valence-corrected chi connectivity index (χ3v) is 5.34. The van der Waals surface area contributed by atoms with E-state index in [1.807, 2.05) is 30.3 Å². The summed E-state index contributed by atoms with van der Waals surface area (Å²) in [7, 11) is 1.95. The first-order valence-corrected chi connectivity index (χ1v) is 9.15. The molecule has 140 valence electrons. The van der Waals surface area contributed by atoms with Gasteiger partial charge in [0.2, 0.25) is 0 Å². The minimum atomic E-state index is -0.315. The number of carbonyl (C=O) groups is 1. The molecule has 2 aliphatic heterocycles. The minimum Gasteiger partial charge on any atom is -0.328 e. The number of fused-ring (bicyclic) bond motifs is 2. The maximum atomic E-state index is 14.8. The standard InChI is InChI=1S/C21H18FN5O/c1-26-9-16-6-13(4-5-19(16)25-26)14-2-3-15(18(22)7-14)10-27-11-20-17(21(27)28)8-23-12-24-20/h2-8,12,16H,9-11H2,1H3. The predicted octanol–water partition coefficient (Wildman–Crippen LogP) is 2.64. The lowest BCUT2D eigenvalue weighted by atomic mass is 9.91. The van der Waals surface area contributed by atoms with E-state index in [9.17, 15) is 9.18 Å². The molecule has 1 aliphatic carbocycles. The van der Waals surface area contributed by atoms with Gasteiger partial charge in [-0.15, -0.1) is 0 Å². The Hall–Kier alpha value is -3.35. The fourth-order valence-electron chi connectivity index (χ4n) is 3.90. The van der Waals surface area contributed by atoms with E-state index in [2.05, 4.69) is 21.1 Å². The third-order valence-electron chi connectivity index (χ3n) is 5.34. The van der Waals surface area contributed by atoms with E-state index >= 15 is 0 Å². The Labute approximate surface area is 161 Å². The van der Waals surface area contributed by atoms with Gasteiger partial charge in [-0.2, -0.15) is 5.10 Å². The molecule has 1 atom stereocenters. The molecule has 1 unspecified atom stereocenters. The highest BCUT2D eigenvalue weighted by atomic mass is 19.1. The Kier molecular flexibility index (Phi) is 3.82. The number of hydrogen-bond donors (Lipinski definition) is 0. The topological polar surface area (TPSA) is 61.7 Å². The van der Waals surface area contributed by atoms with Gasteiger partial charge in [-0.25, -0.2) is 14.4 Å². The summed E-state index contributed by atoms with van der Waals surface area (Å²) in [6.45, 7) is 1.42. The molecule has 1 amide bonds. The van der Waals surface area contributed by atoms with Crippen LogP contribution in [0, 0.1) is 11.7 Å². The fourth-order valence-corrected chi connectivity index (χ4v) is 3.90. The highest BCUT2D eigenvalue weighted by Crippen LogP contribution is 2.29. The molecule has 1 aromatic heterocycles. The van der Waals surface area contributed by atoms with E-state index in [4.69, 9.17) is 0 Å². The van der Waals surface area contributed by atoms with Crippen molar-refractivity contribution in [3.8, 4) is 0 Å². The predicted molar refractivity (Wildman–Crippen MR) is 103 cm³/mol. The number of halogens is 1. The van der Waals surface area contributed by atoms with E-state index in [-0.39, 0.29) is 24.2 Å². The quantitative estimate of drug-likeness (QED) is 0.828. The molecular formula is C21H18FN5O. The van der Waals surface area contributed by atoms with E-state index in [1.165, 1.54) is 12.5 Å². The molecule has 0 N–H and O–H groups in total. The van der Waals surface area contributed by atoms with Crippen LogP contribution in [-0.4, -0.2) is 45.1 Å². The van der Waals surface area contributed by atoms with Crippen LogP contribution in [0.1, 0.15) is 27.2 Å². The molecule has 0 bridgehead atoms. The van der Waals surface area contributed by atoms with Gasteiger partial charge in [-0.3, -0.25) is 9.80 Å². The van der Waals surface area contributed by atoms with Crippen LogP contribution in [0.2, 0.25) is 0 Å². The Bertz CT molecular complexity index is 1070. The number of nitrogens with zero attached hydrogens (tertiary/aromatic N) is 5. The Morgan fingerprint density at radius 2 is 2.18 bits per heavy atom. The van der Waals surface area contributed by atoms with Crippen molar-refractivity contribution in [2.24, 2.45) is 11.0 Å². The first-order chi connectivity index (χ1) is 13.6. The Morgan fingerprint density at radius 3 is 3.00 bits per heavy atom. The second-order valence-electron chi connectivity index (χ2n) is 7.28. The molecule has 3 heterocycles. The van der Waals surface area contributed by atoms with Gasteiger partial charge in [-0.1, -0.05) is 24.3 Å². The molecule has 0 saturated carbocycles. The molecule has 0 radical (unpaired) electrons. The van der Waals surface area contributed by atoms with Gasteiger partial charge in [0.05, 0.1) is 23.5 Å². The van der Waals surface area contributed by atoms with Crippen LogP contribution in [0.5, 0.6) is 0 Å². The summed E-state index contributed by atoms with van der Waals surface area (Å²) in [5, 5.41) is 6.37. The van der Waals surface area contributed by atoms with Gasteiger partial charge in [0.15, 0.2) is 0 Å². The van der Waals surface area contributed by atoms with E-state index in [0.717, 1.165) is 23.4 Å². The van der Waals surface area contributed by atoms with Crippen molar-refractivity contribution in [1.82, 2.24) is 19.9 Å². The van der Waals surface area contributed by atoms with Gasteiger partial charge in [0, 0.05) is 37.8 Å². The lowest BCUT2D eigenvalue weighted by Crippen LogP contribution is -2.23. The summed E-state index contributed by atoms with van der Waals surface area (Å²) in [6.07, 6.45) is 9.05. The Morgan fingerprint density at radius 1 is 1.29 bits per heavy atom. The smallest absolute Gasteiger partial charge is 0.258 e. The van der Waals surface area contributed by atoms with Gasteiger partial charge >= 0.3 is 0 Å². The number of carbonyl (C=O) groups excluding carboxylic acids is 1. The number of benzene rings is 1. The monoisotopic (exact) mass is 375 g/mol. The molecule has 6 nitrogen and oxygen atoms in total. The van der Waals surface area contributed by atoms with Gasteiger partial charge in [0.1, 0.15) is 12.1 Å². The summed E-state index contributed by atoms with van der Waals surface area (Å²) < 4.78 is 14.8. The molecular weight excluding hydrogens is 357 g/mol. The summed E-state index contributed by atoms with van der Waals surface area (Å²) in [4.78, 5) is 22.1. The number of amides is 1. The van der Waals surface area contributed by atoms with E-state index < -0.39 is 0 Å². The number of hydrogen-bond acceptors (Lipinski definition) is 5. The summed E-state index contributed by atoms with van der Waals surface area (Å²) in [5.41, 5.74) is 4.53. The number of aromatic nitrogens is 2. The first kappa shape index (κ1) is 16.8. The third kappa shape index (κ3) is 2.79. The van der Waals surface area contributed by atoms with Crippen LogP contribution in [0.15, 0.2) is 54.1 Å². The largest absolute Gasteiger partial charge is 0.328 e. The van der Waals surface area contributed by atoms with Crippen LogP contribution in [-0.2, 0) is 13.1 Å². The van der Waals surface area contributed by atoms with Crippen LogP contribution in [0.4, 0.5) is 4.39 Å². The minimum absolute atomic E-state index is 0.158. The second kappa shape index (κ2) is 6.37. The molecule has 5 rings (SSSR count). The molecule has 0 saturated heterocycles. The average Bonchev–Trinajstić information content (AvgIpc) is 3.22. The lowest BCUT2D eigenvalue weighted by Gasteiger charge is -2.17. The zero-order valence-corrected chi connectivity index (χ0v) is 15.3. The van der Waals surface area contributed by atoms with Crippen molar-refractivity contribution in [3.05, 3.63) is 77.2 Å². The number of allylic oxidation sites excluding steroid dienone is 3. The van der Waals surface area contributed by atoms with Gasteiger partial charge < -0.3 is 4.90 Å². The SMILES string of the molecule is CN1CC2C=C(c3ccc(CN4Cc5ncncc5C4=O)c(F)c3)C=CC2=N1. The van der Waals surface area contributed by atoms with Crippen molar-refractivity contribution >= 4 is 17.2 Å². The fraction of sp³-hybridized carbons (Fsp3) is 0.238. The first-order valence-electron chi connectivity index (χ1n) is 9.15. The molecule has 3 aliphatic rings. The Balaban J connectivity index is 1.35. The second-order valence-corrected chi connectivity index (χ2v) is 7.28. The van der Waals surface area contributed by atoms with Crippen molar-refractivity contribution < 1.29 is 9.18 Å². The van der Waals surface area contributed by atoms with Gasteiger partial charge in [0.25, 0.3) is 5.91 Å². The molecule has 28 heavy (non-hydrogen) atoms. The molecule has 2 aromatic rings. The molecule has 7 heteroatoms. The maximum Gasteiger partial charge on any atom is 0.258 e. The molecule has 1 aromatic carbocycles. The van der Waals surface area contributed by atoms with Crippen molar-refractivity contribution in [2.45, 2.75) is 13.1 Å². The summed E-state index contributed by atoms with van der Waals surface area (Å²) >= 11 is 0. The van der Waals surface area contributed by atoms with E-state index in [1.54, 1.807) is 17.0 Å². The molecule has 0 spiro atoms. The highest BCUT2D eigenvalue weighted by molar-refractivity contribution is 6.04. The van der Waals surface area contributed by atoms with Crippen molar-refractivity contribution in [3.63, 3.8) is 0 Å². The van der Waals surface area contributed by atoms with Crippen molar-refractivity contribution in [2.75, 3.05) is 13.6 Å². The van der Waals surface area contributed by atoms with Crippen molar-refractivity contribution in [1.29, 1.82) is 0 Å². The van der Waals surface area contributed by atoms with Gasteiger partial charge in [-0.05, 0) is 23.3 Å². The normalized spacial score (nSPS) is 20.2. The number of rotatable bonds is 3. The highest BCUT2D eigenvalue weighted by Gasteiger charge is 2.29. The summed E-state index contributed by atoms with van der Waals surface area (Å²) in [6, 6.07) is 5.20. The zero-order chi connectivity index (χ0) is 19.3. The lowest BCUT2D eigenvalue weighted by molar-refractivity contribution is 0.0764. The van der Waals surface area contributed by atoms with Crippen LogP contribution in [0.3, 0.4) is 0 Å². The van der Waals surface area contributed by atoms with Crippen LogP contribution >= 0.6 is 0 Å². The van der Waals surface area contributed by atoms with E-state index in [0.29, 0.717) is 23.4 Å². The zero-order valence-electron chi connectivity index (χ0n) is 15.3. The van der Waals surface area contributed by atoms with Crippen LogP contribution in [0.25, 0.3) is 5.57 Å². The van der Waals surface area contributed by atoms with Crippen LogP contribution < -0.4 is 0 Å².